The van der Waals surface area contributed by atoms with Crippen LogP contribution in [-0.4, -0.2) is 25.2 Å². The van der Waals surface area contributed by atoms with Crippen molar-refractivity contribution in [3.05, 3.63) is 12.2 Å². The maximum Gasteiger partial charge on any atom is 0.302 e. The van der Waals surface area contributed by atoms with E-state index in [0.717, 1.165) is 6.42 Å². The number of allylic oxidation sites excluding steroid dienone is 2. The average Bonchev–Trinajstić information content (AvgIpc) is 2.83. The van der Waals surface area contributed by atoms with E-state index in [1.165, 1.54) is 13.8 Å². The third kappa shape index (κ3) is 2.68. The van der Waals surface area contributed by atoms with Gasteiger partial charge in [0.2, 0.25) is 0 Å². The van der Waals surface area contributed by atoms with E-state index in [0.29, 0.717) is 36.9 Å². The van der Waals surface area contributed by atoms with Crippen molar-refractivity contribution in [3.8, 4) is 0 Å². The quantitative estimate of drug-likeness (QED) is 0.551. The standard InChI is InChI=1S/C13H18O4/c1-8(14)16-6-12-10-3-4-11(5-10)13(12)7-17-9(2)15/h3-4,10-13H,5-7H2,1-2H3/t10-,11-,12-,13-/m0/s1. The van der Waals surface area contributed by atoms with E-state index < -0.39 is 0 Å². The van der Waals surface area contributed by atoms with Crippen molar-refractivity contribution in [2.75, 3.05) is 13.2 Å². The number of hydrogen-bond donors (Lipinski definition) is 0. The van der Waals surface area contributed by atoms with E-state index in [1.807, 2.05) is 0 Å². The number of carbonyl (C=O) groups is 2. The molecule has 0 unspecified atom stereocenters. The molecule has 4 atom stereocenters. The van der Waals surface area contributed by atoms with Gasteiger partial charge in [0.25, 0.3) is 0 Å². The van der Waals surface area contributed by atoms with Crippen LogP contribution < -0.4 is 0 Å². The van der Waals surface area contributed by atoms with E-state index >= 15 is 0 Å². The van der Waals surface area contributed by atoms with Crippen LogP contribution in [0.4, 0.5) is 0 Å². The molecule has 0 amide bonds. The summed E-state index contributed by atoms with van der Waals surface area (Å²) < 4.78 is 10.2. The summed E-state index contributed by atoms with van der Waals surface area (Å²) in [6.45, 7) is 3.72. The molecule has 94 valence electrons. The Morgan fingerprint density at radius 2 is 1.41 bits per heavy atom. The van der Waals surface area contributed by atoms with Crippen LogP contribution in [0.3, 0.4) is 0 Å². The highest BCUT2D eigenvalue weighted by Gasteiger charge is 2.45. The van der Waals surface area contributed by atoms with Gasteiger partial charge in [0.15, 0.2) is 0 Å². The summed E-state index contributed by atoms with van der Waals surface area (Å²) in [6.07, 6.45) is 5.49. The number of esters is 2. The summed E-state index contributed by atoms with van der Waals surface area (Å²) in [5.74, 6) is 1.05. The molecule has 0 saturated heterocycles. The van der Waals surface area contributed by atoms with Gasteiger partial charge in [-0.3, -0.25) is 9.59 Å². The lowest BCUT2D eigenvalue weighted by Gasteiger charge is -2.26. The second-order valence-corrected chi connectivity index (χ2v) is 4.88. The Hall–Kier alpha value is -1.32. The van der Waals surface area contributed by atoms with Gasteiger partial charge < -0.3 is 9.47 Å². The molecule has 0 aromatic carbocycles. The molecule has 0 radical (unpaired) electrons. The molecule has 4 nitrogen and oxygen atoms in total. The van der Waals surface area contributed by atoms with Gasteiger partial charge in [-0.2, -0.15) is 0 Å². The number of carbonyl (C=O) groups excluding carboxylic acids is 2. The van der Waals surface area contributed by atoms with E-state index in [1.54, 1.807) is 0 Å². The summed E-state index contributed by atoms with van der Waals surface area (Å²) in [5.41, 5.74) is 0. The fraction of sp³-hybridized carbons (Fsp3) is 0.692. The minimum Gasteiger partial charge on any atom is -0.466 e. The lowest BCUT2D eigenvalue weighted by atomic mass is 9.84. The molecular weight excluding hydrogens is 220 g/mol. The predicted molar refractivity (Wildman–Crippen MR) is 61.0 cm³/mol. The highest BCUT2D eigenvalue weighted by molar-refractivity contribution is 5.66. The predicted octanol–water partition coefficient (Wildman–Crippen LogP) is 1.55. The molecule has 0 N–H and O–H groups in total. The van der Waals surface area contributed by atoms with Crippen molar-refractivity contribution >= 4 is 11.9 Å². The molecular formula is C13H18O4. The lowest BCUT2D eigenvalue weighted by Crippen LogP contribution is -2.29. The second-order valence-electron chi connectivity index (χ2n) is 4.88. The van der Waals surface area contributed by atoms with Crippen molar-refractivity contribution < 1.29 is 19.1 Å². The first-order chi connectivity index (χ1) is 8.08. The molecule has 0 heterocycles. The highest BCUT2D eigenvalue weighted by atomic mass is 16.5. The highest BCUT2D eigenvalue weighted by Crippen LogP contribution is 2.48. The third-order valence-electron chi connectivity index (χ3n) is 3.76. The van der Waals surface area contributed by atoms with E-state index in [2.05, 4.69) is 12.2 Å². The molecule has 4 heteroatoms. The lowest BCUT2D eigenvalue weighted by molar-refractivity contribution is -0.147. The van der Waals surface area contributed by atoms with Crippen LogP contribution >= 0.6 is 0 Å². The number of ether oxygens (including phenoxy) is 2. The topological polar surface area (TPSA) is 52.6 Å². The van der Waals surface area contributed by atoms with Gasteiger partial charge in [-0.1, -0.05) is 12.2 Å². The Bertz CT molecular complexity index is 315. The van der Waals surface area contributed by atoms with Crippen molar-refractivity contribution in [3.63, 3.8) is 0 Å². The molecule has 1 fully saturated rings. The molecule has 0 aliphatic heterocycles. The van der Waals surface area contributed by atoms with Gasteiger partial charge in [-0.05, 0) is 18.3 Å². The van der Waals surface area contributed by atoms with Crippen LogP contribution in [0.2, 0.25) is 0 Å². The minimum absolute atomic E-state index is 0.247. The number of rotatable bonds is 4. The van der Waals surface area contributed by atoms with Crippen molar-refractivity contribution in [1.29, 1.82) is 0 Å². The molecule has 2 rings (SSSR count). The molecule has 2 aliphatic rings. The second kappa shape index (κ2) is 4.90. The first-order valence-corrected chi connectivity index (χ1v) is 6.03. The average molecular weight is 238 g/mol. The summed E-state index contributed by atoms with van der Waals surface area (Å²) >= 11 is 0. The fourth-order valence-corrected chi connectivity index (χ4v) is 2.95. The first kappa shape index (κ1) is 12.1. The maximum atomic E-state index is 10.9. The zero-order chi connectivity index (χ0) is 12.4. The molecule has 0 aromatic rings. The van der Waals surface area contributed by atoms with Crippen molar-refractivity contribution in [1.82, 2.24) is 0 Å². The van der Waals surface area contributed by atoms with Crippen LogP contribution in [0.1, 0.15) is 20.3 Å². The van der Waals surface area contributed by atoms with Gasteiger partial charge in [0.05, 0.1) is 13.2 Å². The Kier molecular flexibility index (Phi) is 3.50. The SMILES string of the molecule is CC(=O)OC[C@@H]1[C@@H](COC(C)=O)[C@H]2C=C[C@H]1C2. The van der Waals surface area contributed by atoms with Gasteiger partial charge in [-0.25, -0.2) is 0 Å². The third-order valence-corrected chi connectivity index (χ3v) is 3.76. The van der Waals surface area contributed by atoms with Gasteiger partial charge in [0.1, 0.15) is 0 Å². The molecule has 0 aromatic heterocycles. The zero-order valence-corrected chi connectivity index (χ0v) is 10.2. The summed E-state index contributed by atoms with van der Waals surface area (Å²) in [5, 5.41) is 0. The van der Waals surface area contributed by atoms with Crippen LogP contribution in [0.5, 0.6) is 0 Å². The molecule has 1 saturated carbocycles. The Balaban J connectivity index is 1.94. The molecule has 2 aliphatic carbocycles. The van der Waals surface area contributed by atoms with Gasteiger partial charge in [0, 0.05) is 25.7 Å². The largest absolute Gasteiger partial charge is 0.466 e. The zero-order valence-electron chi connectivity index (χ0n) is 10.2. The maximum absolute atomic E-state index is 10.9. The number of fused-ring (bicyclic) bond motifs is 2. The fourth-order valence-electron chi connectivity index (χ4n) is 2.95. The Labute approximate surface area is 101 Å². The normalized spacial score (nSPS) is 33.8. The molecule has 0 spiro atoms. The Morgan fingerprint density at radius 3 is 1.76 bits per heavy atom. The monoisotopic (exact) mass is 238 g/mol. The van der Waals surface area contributed by atoms with E-state index in [9.17, 15) is 9.59 Å². The van der Waals surface area contributed by atoms with Crippen LogP contribution in [0.25, 0.3) is 0 Å². The van der Waals surface area contributed by atoms with Crippen molar-refractivity contribution in [2.24, 2.45) is 23.7 Å². The van der Waals surface area contributed by atoms with Gasteiger partial charge in [-0.15, -0.1) is 0 Å². The van der Waals surface area contributed by atoms with Crippen LogP contribution in [0.15, 0.2) is 12.2 Å². The molecule has 17 heavy (non-hydrogen) atoms. The Morgan fingerprint density at radius 1 is 1.00 bits per heavy atom. The first-order valence-electron chi connectivity index (χ1n) is 6.03. The summed E-state index contributed by atoms with van der Waals surface area (Å²) in [7, 11) is 0. The summed E-state index contributed by atoms with van der Waals surface area (Å²) in [4.78, 5) is 21.7. The minimum atomic E-state index is -0.247. The van der Waals surface area contributed by atoms with E-state index in [4.69, 9.17) is 9.47 Å². The van der Waals surface area contributed by atoms with Crippen molar-refractivity contribution in [2.45, 2.75) is 20.3 Å². The molecule has 2 bridgehead atoms. The van der Waals surface area contributed by atoms with Gasteiger partial charge >= 0.3 is 11.9 Å². The van der Waals surface area contributed by atoms with Crippen LogP contribution in [0, 0.1) is 23.7 Å². The number of hydrogen-bond acceptors (Lipinski definition) is 4. The van der Waals surface area contributed by atoms with E-state index in [-0.39, 0.29) is 11.9 Å². The smallest absolute Gasteiger partial charge is 0.302 e. The summed E-state index contributed by atoms with van der Waals surface area (Å²) in [6, 6.07) is 0. The van der Waals surface area contributed by atoms with Crippen LogP contribution in [-0.2, 0) is 19.1 Å².